The van der Waals surface area contributed by atoms with Gasteiger partial charge in [-0.05, 0) is 36.4 Å². The number of hydrogen-bond donors (Lipinski definition) is 1. The molecule has 0 fully saturated rings. The monoisotopic (exact) mass is 328 g/mol. The van der Waals surface area contributed by atoms with Gasteiger partial charge in [0, 0.05) is 35.9 Å². The van der Waals surface area contributed by atoms with Crippen LogP contribution in [0.4, 0.5) is 0 Å². The first-order valence-electron chi connectivity index (χ1n) is 6.99. The summed E-state index contributed by atoms with van der Waals surface area (Å²) in [6, 6.07) is 10.6. The highest BCUT2D eigenvalue weighted by molar-refractivity contribution is 6.30. The highest BCUT2D eigenvalue weighted by atomic mass is 35.5. The van der Waals surface area contributed by atoms with Crippen molar-refractivity contribution in [2.24, 2.45) is 0 Å². The van der Waals surface area contributed by atoms with Crippen LogP contribution >= 0.6 is 11.6 Å². The highest BCUT2D eigenvalue weighted by Crippen LogP contribution is 2.18. The molecule has 2 heterocycles. The molecule has 0 spiro atoms. The van der Waals surface area contributed by atoms with Crippen molar-refractivity contribution in [1.29, 1.82) is 0 Å². The van der Waals surface area contributed by atoms with Crippen molar-refractivity contribution in [2.75, 3.05) is 6.54 Å². The molecule has 1 amide bonds. The molecule has 0 aliphatic heterocycles. The molecule has 3 aromatic rings. The molecule has 7 heteroatoms. The molecule has 6 nitrogen and oxygen atoms in total. The van der Waals surface area contributed by atoms with E-state index in [0.717, 1.165) is 5.56 Å². The lowest BCUT2D eigenvalue weighted by atomic mass is 10.2. The van der Waals surface area contributed by atoms with E-state index in [1.54, 1.807) is 30.5 Å². The summed E-state index contributed by atoms with van der Waals surface area (Å²) in [7, 11) is 0. The zero-order valence-corrected chi connectivity index (χ0v) is 12.8. The summed E-state index contributed by atoms with van der Waals surface area (Å²) < 4.78 is 5.18. The number of nitrogens with zero attached hydrogens (tertiary/aromatic N) is 3. The first kappa shape index (κ1) is 15.2. The van der Waals surface area contributed by atoms with E-state index in [4.69, 9.17) is 16.1 Å². The zero-order valence-electron chi connectivity index (χ0n) is 12.1. The summed E-state index contributed by atoms with van der Waals surface area (Å²) >= 11 is 5.84. The lowest BCUT2D eigenvalue weighted by Gasteiger charge is -2.02. The van der Waals surface area contributed by atoms with E-state index in [1.165, 1.54) is 6.20 Å². The summed E-state index contributed by atoms with van der Waals surface area (Å²) in [5.74, 6) is 0.771. The lowest BCUT2D eigenvalue weighted by molar-refractivity contribution is 0.0953. The molecule has 0 atom stereocenters. The largest absolute Gasteiger partial charge is 0.351 e. The minimum atomic E-state index is -0.185. The Hall–Kier alpha value is -2.73. The van der Waals surface area contributed by atoms with Gasteiger partial charge in [0.25, 0.3) is 5.91 Å². The Morgan fingerprint density at radius 2 is 2.04 bits per heavy atom. The predicted molar refractivity (Wildman–Crippen MR) is 85.0 cm³/mol. The van der Waals surface area contributed by atoms with Gasteiger partial charge in [-0.1, -0.05) is 16.8 Å². The first-order chi connectivity index (χ1) is 11.2. The summed E-state index contributed by atoms with van der Waals surface area (Å²) in [6.45, 7) is 0.399. The van der Waals surface area contributed by atoms with Gasteiger partial charge in [-0.15, -0.1) is 0 Å². The molecule has 3 rings (SSSR count). The molecule has 2 aromatic heterocycles. The van der Waals surface area contributed by atoms with Crippen LogP contribution in [-0.4, -0.2) is 27.6 Å². The number of nitrogens with one attached hydrogen (secondary N) is 1. The normalized spacial score (nSPS) is 10.5. The number of hydrogen-bond acceptors (Lipinski definition) is 5. The first-order valence-corrected chi connectivity index (χ1v) is 7.37. The number of carbonyl (C=O) groups is 1. The van der Waals surface area contributed by atoms with Crippen LogP contribution in [0.5, 0.6) is 0 Å². The number of pyridine rings is 1. The average molecular weight is 329 g/mol. The van der Waals surface area contributed by atoms with Crippen molar-refractivity contribution in [3.8, 4) is 11.4 Å². The predicted octanol–water partition coefficient (Wildman–Crippen LogP) is 2.76. The molecular formula is C16H13ClN4O2. The number of halogens is 1. The molecule has 0 unspecified atom stereocenters. The third-order valence-corrected chi connectivity index (χ3v) is 3.37. The van der Waals surface area contributed by atoms with E-state index in [1.807, 2.05) is 12.1 Å². The fourth-order valence-electron chi connectivity index (χ4n) is 1.95. The van der Waals surface area contributed by atoms with Crippen LogP contribution in [0, 0.1) is 0 Å². The summed E-state index contributed by atoms with van der Waals surface area (Å²) in [5, 5.41) is 7.35. The van der Waals surface area contributed by atoms with E-state index >= 15 is 0 Å². The van der Waals surface area contributed by atoms with E-state index < -0.39 is 0 Å². The maximum absolute atomic E-state index is 11.9. The topological polar surface area (TPSA) is 80.9 Å². The maximum Gasteiger partial charge on any atom is 0.252 e. The molecule has 0 aliphatic carbocycles. The SMILES string of the molecule is O=C(NCCc1nc(-c2ccc(Cl)cc2)no1)c1cccnc1. The summed E-state index contributed by atoms with van der Waals surface area (Å²) in [4.78, 5) is 20.1. The minimum Gasteiger partial charge on any atom is -0.351 e. The molecule has 0 aliphatic rings. The van der Waals surface area contributed by atoms with Crippen LogP contribution in [0.25, 0.3) is 11.4 Å². The van der Waals surface area contributed by atoms with E-state index in [2.05, 4.69) is 20.4 Å². The second kappa shape index (κ2) is 7.02. The van der Waals surface area contributed by atoms with Crippen LogP contribution in [0.15, 0.2) is 53.3 Å². The summed E-state index contributed by atoms with van der Waals surface area (Å²) in [6.07, 6.45) is 3.58. The number of amides is 1. The second-order valence-corrected chi connectivity index (χ2v) is 5.20. The van der Waals surface area contributed by atoms with Crippen molar-refractivity contribution in [2.45, 2.75) is 6.42 Å². The molecular weight excluding hydrogens is 316 g/mol. The van der Waals surface area contributed by atoms with Crippen molar-refractivity contribution in [3.63, 3.8) is 0 Å². The lowest BCUT2D eigenvalue weighted by Crippen LogP contribution is -2.25. The minimum absolute atomic E-state index is 0.185. The van der Waals surface area contributed by atoms with Gasteiger partial charge >= 0.3 is 0 Å². The van der Waals surface area contributed by atoms with Crippen LogP contribution in [0.2, 0.25) is 5.02 Å². The Labute approximate surface area is 137 Å². The van der Waals surface area contributed by atoms with Crippen molar-refractivity contribution < 1.29 is 9.32 Å². The number of benzene rings is 1. The molecule has 23 heavy (non-hydrogen) atoms. The number of rotatable bonds is 5. The van der Waals surface area contributed by atoms with Crippen LogP contribution in [0.3, 0.4) is 0 Å². The molecule has 1 aromatic carbocycles. The molecule has 116 valence electrons. The fourth-order valence-corrected chi connectivity index (χ4v) is 2.08. The third-order valence-electron chi connectivity index (χ3n) is 3.12. The van der Waals surface area contributed by atoms with Crippen LogP contribution in [0.1, 0.15) is 16.2 Å². The summed E-state index contributed by atoms with van der Waals surface area (Å²) in [5.41, 5.74) is 1.34. The van der Waals surface area contributed by atoms with Crippen molar-refractivity contribution in [1.82, 2.24) is 20.4 Å². The van der Waals surface area contributed by atoms with Gasteiger partial charge in [0.2, 0.25) is 11.7 Å². The molecule has 0 saturated carbocycles. The Balaban J connectivity index is 1.55. The quantitative estimate of drug-likeness (QED) is 0.779. The van der Waals surface area contributed by atoms with Gasteiger partial charge in [0.15, 0.2) is 0 Å². The second-order valence-electron chi connectivity index (χ2n) is 4.77. The number of carbonyl (C=O) groups excluding carboxylic acids is 1. The molecule has 0 saturated heterocycles. The van der Waals surface area contributed by atoms with Gasteiger partial charge in [-0.3, -0.25) is 9.78 Å². The molecule has 0 radical (unpaired) electrons. The van der Waals surface area contributed by atoms with Crippen LogP contribution in [-0.2, 0) is 6.42 Å². The standard InChI is InChI=1S/C16H13ClN4O2/c17-13-5-3-11(4-6-13)15-20-14(23-21-15)7-9-19-16(22)12-2-1-8-18-10-12/h1-6,8,10H,7,9H2,(H,19,22). The van der Waals surface area contributed by atoms with Gasteiger partial charge in [0.1, 0.15) is 0 Å². The smallest absolute Gasteiger partial charge is 0.252 e. The van der Waals surface area contributed by atoms with E-state index in [9.17, 15) is 4.79 Å². The number of aromatic nitrogens is 3. The Morgan fingerprint density at radius 1 is 1.22 bits per heavy atom. The maximum atomic E-state index is 11.9. The van der Waals surface area contributed by atoms with Crippen molar-refractivity contribution in [3.05, 3.63) is 65.3 Å². The van der Waals surface area contributed by atoms with Gasteiger partial charge in [-0.25, -0.2) is 0 Å². The Morgan fingerprint density at radius 3 is 2.78 bits per heavy atom. The van der Waals surface area contributed by atoms with Crippen LogP contribution < -0.4 is 5.32 Å². The Bertz CT molecular complexity index is 787. The zero-order chi connectivity index (χ0) is 16.1. The molecule has 1 N–H and O–H groups in total. The van der Waals surface area contributed by atoms with Gasteiger partial charge in [-0.2, -0.15) is 4.98 Å². The van der Waals surface area contributed by atoms with E-state index in [-0.39, 0.29) is 5.91 Å². The highest BCUT2D eigenvalue weighted by Gasteiger charge is 2.10. The van der Waals surface area contributed by atoms with Crippen molar-refractivity contribution >= 4 is 17.5 Å². The Kier molecular flexibility index (Phi) is 4.63. The van der Waals surface area contributed by atoms with Gasteiger partial charge in [0.05, 0.1) is 5.56 Å². The van der Waals surface area contributed by atoms with E-state index in [0.29, 0.717) is 35.3 Å². The fraction of sp³-hybridized carbons (Fsp3) is 0.125. The molecule has 0 bridgehead atoms. The van der Waals surface area contributed by atoms with Gasteiger partial charge < -0.3 is 9.84 Å². The average Bonchev–Trinajstić information content (AvgIpc) is 3.05. The third kappa shape index (κ3) is 3.92.